The summed E-state index contributed by atoms with van der Waals surface area (Å²) < 4.78 is 55.2. The average Bonchev–Trinajstić information content (AvgIpc) is 3.79. The summed E-state index contributed by atoms with van der Waals surface area (Å²) in [5.41, 5.74) is 4.54. The minimum absolute atomic E-state index is 0.170. The smallest absolute Gasteiger partial charge is 0.248 e. The molecule has 306 valence electrons. The van der Waals surface area contributed by atoms with E-state index in [1.165, 1.54) is 0 Å². The van der Waals surface area contributed by atoms with Crippen molar-refractivity contribution in [1.82, 2.24) is 30.6 Å². The fraction of sp³-hybridized carbons (Fsp3) is 0.478. The maximum Gasteiger partial charge on any atom is 0.248 e. The Morgan fingerprint density at radius 1 is 0.603 bits per heavy atom. The molecule has 0 saturated heterocycles. The van der Waals surface area contributed by atoms with Crippen molar-refractivity contribution in [3.05, 3.63) is 72.3 Å². The first kappa shape index (κ1) is 39.8. The van der Waals surface area contributed by atoms with Gasteiger partial charge in [-0.25, -0.2) is 27.5 Å². The zero-order valence-electron chi connectivity index (χ0n) is 34.0. The molecule has 2 amide bonds. The number of alkyl halides is 4. The molecule has 2 atom stereocenters. The van der Waals surface area contributed by atoms with Crippen molar-refractivity contribution >= 4 is 55.4 Å². The van der Waals surface area contributed by atoms with Gasteiger partial charge in [0.05, 0.1) is 34.2 Å². The number of benzene rings is 4. The maximum absolute atomic E-state index is 13.8. The van der Waals surface area contributed by atoms with E-state index in [0.29, 0.717) is 11.6 Å². The van der Waals surface area contributed by atoms with Crippen molar-refractivity contribution < 1.29 is 27.2 Å². The summed E-state index contributed by atoms with van der Waals surface area (Å²) >= 11 is 0. The van der Waals surface area contributed by atoms with Gasteiger partial charge in [0, 0.05) is 48.3 Å². The number of aromatic nitrogens is 4. The van der Waals surface area contributed by atoms with Gasteiger partial charge in [0.1, 0.15) is 11.6 Å². The number of aromatic amines is 2. The minimum atomic E-state index is -2.70. The number of carbonyl (C=O) groups is 2. The molecule has 2 aliphatic rings. The van der Waals surface area contributed by atoms with E-state index in [-0.39, 0.29) is 63.2 Å². The van der Waals surface area contributed by atoms with Crippen LogP contribution >= 0.6 is 0 Å². The van der Waals surface area contributed by atoms with E-state index in [0.717, 1.165) is 54.7 Å². The second-order valence-corrected chi connectivity index (χ2v) is 18.9. The van der Waals surface area contributed by atoms with E-state index in [4.69, 9.17) is 9.97 Å². The predicted octanol–water partition coefficient (Wildman–Crippen LogP) is 11.5. The molecule has 0 bridgehead atoms. The number of fused-ring (bicyclic) bond motifs is 6. The van der Waals surface area contributed by atoms with Crippen LogP contribution in [0.1, 0.15) is 117 Å². The van der Waals surface area contributed by atoms with Gasteiger partial charge in [0.25, 0.3) is 0 Å². The first-order chi connectivity index (χ1) is 27.2. The van der Waals surface area contributed by atoms with Crippen LogP contribution in [0, 0.1) is 22.7 Å². The van der Waals surface area contributed by atoms with Crippen LogP contribution in [0.25, 0.3) is 54.7 Å². The Morgan fingerprint density at radius 2 is 0.966 bits per heavy atom. The molecule has 4 N–H and O–H groups in total. The Hall–Kier alpha value is -5.00. The minimum Gasteiger partial charge on any atom is -0.345 e. The lowest BCUT2D eigenvalue weighted by molar-refractivity contribution is -0.131. The lowest BCUT2D eigenvalue weighted by atomic mass is 9.83. The summed E-state index contributed by atoms with van der Waals surface area (Å²) in [5.74, 6) is -5.44. The van der Waals surface area contributed by atoms with E-state index < -0.39 is 46.6 Å². The van der Waals surface area contributed by atoms with Gasteiger partial charge in [-0.15, -0.1) is 0 Å². The molecule has 58 heavy (non-hydrogen) atoms. The van der Waals surface area contributed by atoms with Gasteiger partial charge >= 0.3 is 0 Å². The number of halogens is 4. The van der Waals surface area contributed by atoms with Gasteiger partial charge in [-0.3, -0.25) is 9.59 Å². The first-order valence-electron chi connectivity index (χ1n) is 20.5. The van der Waals surface area contributed by atoms with E-state index in [2.05, 4.69) is 69.1 Å². The molecule has 2 heterocycles. The number of rotatable bonds is 7. The third-order valence-corrected chi connectivity index (χ3v) is 12.3. The first-order valence-corrected chi connectivity index (χ1v) is 20.5. The van der Waals surface area contributed by atoms with Crippen LogP contribution in [0.15, 0.2) is 60.7 Å². The molecule has 2 aliphatic carbocycles. The Kier molecular flexibility index (Phi) is 9.87. The summed E-state index contributed by atoms with van der Waals surface area (Å²) in [5, 5.41) is 10.2. The third-order valence-electron chi connectivity index (χ3n) is 12.3. The fourth-order valence-corrected chi connectivity index (χ4v) is 8.79. The van der Waals surface area contributed by atoms with E-state index >= 15 is 0 Å². The molecule has 0 spiro atoms. The van der Waals surface area contributed by atoms with Crippen molar-refractivity contribution in [3.8, 4) is 11.1 Å². The summed E-state index contributed by atoms with van der Waals surface area (Å²) in [6, 6.07) is 19.8. The number of nitrogens with zero attached hydrogens (tertiary/aromatic N) is 2. The van der Waals surface area contributed by atoms with Gasteiger partial charge in [-0.2, -0.15) is 0 Å². The lowest BCUT2D eigenvalue weighted by Crippen LogP contribution is -2.42. The van der Waals surface area contributed by atoms with Gasteiger partial charge in [-0.05, 0) is 82.7 Å². The molecule has 12 heteroatoms. The molecule has 1 unspecified atom stereocenters. The van der Waals surface area contributed by atoms with Crippen LogP contribution in [0.4, 0.5) is 17.6 Å². The number of H-pyrrole nitrogens is 2. The molecule has 0 radical (unpaired) electrons. The molecular formula is C46H52F4N6O2. The highest BCUT2D eigenvalue weighted by Gasteiger charge is 2.41. The molecular weight excluding hydrogens is 745 g/mol. The van der Waals surface area contributed by atoms with Gasteiger partial charge < -0.3 is 20.6 Å². The highest BCUT2D eigenvalue weighted by Crippen LogP contribution is 2.41. The SMILES string of the molecule is CC(C)(C)C(NC(=O)C1CCC(F)(F)CC1)c1nc2c(ccc3cc(-c4ccc5c(ccc6[nH]c([C@@H](NC(=O)C7CCC(F)(F)CC7)C(C)(C)C)nc65)c4)ccc32)[nH]1. The molecule has 0 aliphatic heterocycles. The number of amides is 2. The Labute approximate surface area is 335 Å². The summed E-state index contributed by atoms with van der Waals surface area (Å²) in [6.45, 7) is 12.2. The molecule has 2 saturated carbocycles. The van der Waals surface area contributed by atoms with Crippen LogP contribution in [-0.2, 0) is 9.59 Å². The molecule has 8 rings (SSSR count). The highest BCUT2D eigenvalue weighted by molar-refractivity contribution is 6.07. The quantitative estimate of drug-likeness (QED) is 0.120. The van der Waals surface area contributed by atoms with Crippen molar-refractivity contribution in [3.63, 3.8) is 0 Å². The molecule has 6 aromatic rings. The topological polar surface area (TPSA) is 116 Å². The monoisotopic (exact) mass is 796 g/mol. The second kappa shape index (κ2) is 14.4. The number of nitrogens with one attached hydrogen (secondary N) is 4. The molecule has 2 aromatic heterocycles. The Bertz CT molecular complexity index is 2350. The normalized spacial score (nSPS) is 19.1. The van der Waals surface area contributed by atoms with Crippen molar-refractivity contribution in [1.29, 1.82) is 0 Å². The van der Waals surface area contributed by atoms with Crippen molar-refractivity contribution in [2.75, 3.05) is 0 Å². The van der Waals surface area contributed by atoms with Crippen LogP contribution in [0.2, 0.25) is 0 Å². The molecule has 8 nitrogen and oxygen atoms in total. The standard InChI is InChI=1S/C46H52F4N6O2/c1-43(2,3)37(55-41(57)25-15-19-45(47,48)20-16-25)39-51-33-13-9-29-23-27(7-11-31(29)35(33)53-39)28-8-12-32-30(24-28)10-14-34-36(32)54-40(52-34)38(44(4,5)6)56-42(58)26-17-21-46(49,50)22-18-26/h7-14,23-26,37-38H,15-22H2,1-6H3,(H,51,53)(H,52,54)(H,55,57)(H,56,58)/t37-,38?/m1/s1. The fourth-order valence-electron chi connectivity index (χ4n) is 8.79. The van der Waals surface area contributed by atoms with Crippen molar-refractivity contribution in [2.45, 2.75) is 117 Å². The summed E-state index contributed by atoms with van der Waals surface area (Å²) in [6.07, 6.45) is -0.390. The average molecular weight is 797 g/mol. The van der Waals surface area contributed by atoms with Crippen LogP contribution in [0.5, 0.6) is 0 Å². The van der Waals surface area contributed by atoms with Gasteiger partial charge in [0.15, 0.2) is 0 Å². The second-order valence-electron chi connectivity index (χ2n) is 18.9. The van der Waals surface area contributed by atoms with Crippen LogP contribution < -0.4 is 10.6 Å². The Morgan fingerprint density at radius 3 is 1.31 bits per heavy atom. The number of imidazole rings is 2. The largest absolute Gasteiger partial charge is 0.345 e. The zero-order valence-corrected chi connectivity index (χ0v) is 34.0. The highest BCUT2D eigenvalue weighted by atomic mass is 19.3. The molecule has 2 fully saturated rings. The molecule has 4 aromatic carbocycles. The van der Waals surface area contributed by atoms with Gasteiger partial charge in [0.2, 0.25) is 23.7 Å². The lowest BCUT2D eigenvalue weighted by Gasteiger charge is -2.33. The number of hydrogen-bond acceptors (Lipinski definition) is 4. The van der Waals surface area contributed by atoms with Crippen molar-refractivity contribution in [2.24, 2.45) is 22.7 Å². The van der Waals surface area contributed by atoms with E-state index in [1.54, 1.807) is 0 Å². The van der Waals surface area contributed by atoms with Crippen LogP contribution in [0.3, 0.4) is 0 Å². The summed E-state index contributed by atoms with van der Waals surface area (Å²) in [4.78, 5) is 43.6. The van der Waals surface area contributed by atoms with Gasteiger partial charge in [-0.1, -0.05) is 77.9 Å². The van der Waals surface area contributed by atoms with E-state index in [9.17, 15) is 27.2 Å². The maximum atomic E-state index is 13.8. The summed E-state index contributed by atoms with van der Waals surface area (Å²) in [7, 11) is 0. The van der Waals surface area contributed by atoms with E-state index in [1.807, 2.05) is 53.7 Å². The third kappa shape index (κ3) is 7.91. The number of hydrogen-bond donors (Lipinski definition) is 4. The predicted molar refractivity (Wildman–Crippen MR) is 221 cm³/mol. The number of carbonyl (C=O) groups excluding carboxylic acids is 2. The zero-order chi connectivity index (χ0) is 41.4. The Balaban J connectivity index is 1.05. The van der Waals surface area contributed by atoms with Crippen LogP contribution in [-0.4, -0.2) is 43.6 Å².